The number of anilines is 1. The number of hydrogen-bond donors (Lipinski definition) is 1. The maximum absolute atomic E-state index is 11.9. The van der Waals surface area contributed by atoms with Gasteiger partial charge in [0.25, 0.3) is 0 Å². The van der Waals surface area contributed by atoms with Crippen LogP contribution in [0, 0.1) is 0 Å². The second-order valence-electron chi connectivity index (χ2n) is 4.09. The van der Waals surface area contributed by atoms with E-state index >= 15 is 0 Å². The zero-order valence-corrected chi connectivity index (χ0v) is 10.7. The summed E-state index contributed by atoms with van der Waals surface area (Å²) in [6.07, 6.45) is -0.257. The Kier molecular flexibility index (Phi) is 4.71. The molecule has 0 atom stereocenters. The third kappa shape index (κ3) is 3.48. The van der Waals surface area contributed by atoms with Crippen molar-refractivity contribution < 1.29 is 19.1 Å². The number of carbonyl (C=O) groups excluding carboxylic acids is 2. The minimum absolute atomic E-state index is 0.00985. The molecule has 0 heterocycles. The summed E-state index contributed by atoms with van der Waals surface area (Å²) < 4.78 is 9.68. The molecule has 0 fully saturated rings. The van der Waals surface area contributed by atoms with Crippen LogP contribution < -0.4 is 5.73 Å². The Balaban J connectivity index is 3.07. The van der Waals surface area contributed by atoms with E-state index in [0.717, 1.165) is 0 Å². The van der Waals surface area contributed by atoms with Gasteiger partial charge in [0.05, 0.1) is 25.2 Å². The summed E-state index contributed by atoms with van der Waals surface area (Å²) >= 11 is 0. The van der Waals surface area contributed by atoms with Crippen molar-refractivity contribution in [2.24, 2.45) is 0 Å². The molecule has 0 unspecified atom stereocenters. The zero-order chi connectivity index (χ0) is 13.7. The van der Waals surface area contributed by atoms with E-state index in [2.05, 4.69) is 4.74 Å². The molecule has 0 saturated carbocycles. The van der Waals surface area contributed by atoms with Gasteiger partial charge in [-0.15, -0.1) is 0 Å². The lowest BCUT2D eigenvalue weighted by Gasteiger charge is -2.13. The number of rotatable bonds is 4. The second kappa shape index (κ2) is 6.05. The van der Waals surface area contributed by atoms with Crippen molar-refractivity contribution in [1.82, 2.24) is 0 Å². The smallest absolute Gasteiger partial charge is 0.340 e. The summed E-state index contributed by atoms with van der Waals surface area (Å²) in [4.78, 5) is 23.2. The van der Waals surface area contributed by atoms with Crippen LogP contribution in [0.15, 0.2) is 18.2 Å². The van der Waals surface area contributed by atoms with E-state index in [0.29, 0.717) is 11.3 Å². The van der Waals surface area contributed by atoms with Gasteiger partial charge in [0, 0.05) is 5.69 Å². The van der Waals surface area contributed by atoms with Gasteiger partial charge in [0.1, 0.15) is 0 Å². The molecule has 0 aromatic heterocycles. The number of nitrogen functional groups attached to an aromatic ring is 1. The zero-order valence-electron chi connectivity index (χ0n) is 10.7. The number of ether oxygens (including phenoxy) is 2. The van der Waals surface area contributed by atoms with E-state index in [1.165, 1.54) is 7.11 Å². The van der Waals surface area contributed by atoms with E-state index in [9.17, 15) is 9.59 Å². The highest BCUT2D eigenvalue weighted by atomic mass is 16.5. The van der Waals surface area contributed by atoms with Crippen molar-refractivity contribution in [1.29, 1.82) is 0 Å². The van der Waals surface area contributed by atoms with Crippen molar-refractivity contribution in [3.05, 3.63) is 29.3 Å². The maximum atomic E-state index is 11.9. The normalized spacial score (nSPS) is 10.2. The van der Waals surface area contributed by atoms with Gasteiger partial charge in [0.15, 0.2) is 0 Å². The molecule has 0 bridgehead atoms. The Morgan fingerprint density at radius 3 is 2.56 bits per heavy atom. The highest BCUT2D eigenvalue weighted by Crippen LogP contribution is 2.20. The Bertz CT molecular complexity index is 454. The van der Waals surface area contributed by atoms with Gasteiger partial charge in [-0.05, 0) is 25.5 Å². The molecule has 1 rings (SSSR count). The monoisotopic (exact) mass is 251 g/mol. The number of benzene rings is 1. The molecule has 0 aliphatic carbocycles. The van der Waals surface area contributed by atoms with Gasteiger partial charge in [-0.2, -0.15) is 0 Å². The summed E-state index contributed by atoms with van der Waals surface area (Å²) in [5.74, 6) is -0.957. The molecule has 0 radical (unpaired) electrons. The summed E-state index contributed by atoms with van der Waals surface area (Å²) in [6.45, 7) is 3.49. The Hall–Kier alpha value is -2.04. The molecule has 98 valence electrons. The van der Waals surface area contributed by atoms with Crippen LogP contribution in [0.3, 0.4) is 0 Å². The lowest BCUT2D eigenvalue weighted by molar-refractivity contribution is -0.139. The quantitative estimate of drug-likeness (QED) is 0.648. The van der Waals surface area contributed by atoms with E-state index in [4.69, 9.17) is 10.5 Å². The van der Waals surface area contributed by atoms with Crippen LogP contribution in [0.5, 0.6) is 0 Å². The first-order valence-electron chi connectivity index (χ1n) is 5.60. The maximum Gasteiger partial charge on any atom is 0.340 e. The van der Waals surface area contributed by atoms with Gasteiger partial charge in [0.2, 0.25) is 0 Å². The molecule has 0 aliphatic rings. The van der Waals surface area contributed by atoms with E-state index in [1.807, 2.05) is 0 Å². The molecule has 18 heavy (non-hydrogen) atoms. The standard InChI is InChI=1S/C13H17NO4/c1-8(2)18-13(16)12-9(7-11(15)17-3)5-4-6-10(12)14/h4-6,8H,7,14H2,1-3H3. The van der Waals surface area contributed by atoms with E-state index in [-0.39, 0.29) is 18.1 Å². The average molecular weight is 251 g/mol. The SMILES string of the molecule is COC(=O)Cc1cccc(N)c1C(=O)OC(C)C. The Morgan fingerprint density at radius 2 is 2.00 bits per heavy atom. The van der Waals surface area contributed by atoms with Crippen LogP contribution in [-0.4, -0.2) is 25.2 Å². The predicted octanol–water partition coefficient (Wildman–Crippen LogP) is 1.55. The molecule has 5 heteroatoms. The van der Waals surface area contributed by atoms with Crippen LogP contribution in [0.2, 0.25) is 0 Å². The topological polar surface area (TPSA) is 78.6 Å². The number of esters is 2. The molecular weight excluding hydrogens is 234 g/mol. The predicted molar refractivity (Wildman–Crippen MR) is 67.1 cm³/mol. The van der Waals surface area contributed by atoms with Crippen LogP contribution >= 0.6 is 0 Å². The average Bonchev–Trinajstić information content (AvgIpc) is 2.27. The third-order valence-electron chi connectivity index (χ3n) is 2.29. The number of hydrogen-bond acceptors (Lipinski definition) is 5. The third-order valence-corrected chi connectivity index (χ3v) is 2.29. The number of methoxy groups -OCH3 is 1. The Morgan fingerprint density at radius 1 is 1.33 bits per heavy atom. The molecule has 0 aliphatic heterocycles. The second-order valence-corrected chi connectivity index (χ2v) is 4.09. The molecule has 1 aromatic carbocycles. The van der Waals surface area contributed by atoms with Crippen molar-refractivity contribution in [3.63, 3.8) is 0 Å². The fourth-order valence-corrected chi connectivity index (χ4v) is 1.52. The first kappa shape index (κ1) is 14.0. The highest BCUT2D eigenvalue weighted by Gasteiger charge is 2.19. The summed E-state index contributed by atoms with van der Waals surface area (Å²) in [7, 11) is 1.29. The van der Waals surface area contributed by atoms with Crippen molar-refractivity contribution >= 4 is 17.6 Å². The van der Waals surface area contributed by atoms with Crippen molar-refractivity contribution in [2.45, 2.75) is 26.4 Å². The Labute approximate surface area is 106 Å². The number of carbonyl (C=O) groups is 2. The first-order chi connectivity index (χ1) is 8.45. The van der Waals surface area contributed by atoms with E-state index in [1.54, 1.807) is 32.0 Å². The van der Waals surface area contributed by atoms with Gasteiger partial charge in [-0.25, -0.2) is 4.79 Å². The molecule has 0 amide bonds. The molecule has 2 N–H and O–H groups in total. The minimum atomic E-state index is -0.526. The van der Waals surface area contributed by atoms with Crippen molar-refractivity contribution in [3.8, 4) is 0 Å². The van der Waals surface area contributed by atoms with Crippen LogP contribution in [0.25, 0.3) is 0 Å². The molecular formula is C13H17NO4. The fraction of sp³-hybridized carbons (Fsp3) is 0.385. The number of nitrogens with two attached hydrogens (primary N) is 1. The van der Waals surface area contributed by atoms with Crippen LogP contribution in [0.1, 0.15) is 29.8 Å². The van der Waals surface area contributed by atoms with Crippen molar-refractivity contribution in [2.75, 3.05) is 12.8 Å². The minimum Gasteiger partial charge on any atom is -0.469 e. The first-order valence-corrected chi connectivity index (χ1v) is 5.60. The highest BCUT2D eigenvalue weighted by molar-refractivity contribution is 5.97. The molecule has 1 aromatic rings. The van der Waals surface area contributed by atoms with E-state index < -0.39 is 11.9 Å². The molecule has 5 nitrogen and oxygen atoms in total. The summed E-state index contributed by atoms with van der Waals surface area (Å²) in [6, 6.07) is 4.93. The lowest BCUT2D eigenvalue weighted by Crippen LogP contribution is -2.17. The molecule has 0 saturated heterocycles. The molecule has 0 spiro atoms. The van der Waals surface area contributed by atoms with Gasteiger partial charge in [-0.1, -0.05) is 12.1 Å². The van der Waals surface area contributed by atoms with Gasteiger partial charge < -0.3 is 15.2 Å². The van der Waals surface area contributed by atoms with Gasteiger partial charge in [-0.3, -0.25) is 4.79 Å². The summed E-state index contributed by atoms with van der Waals surface area (Å²) in [5.41, 5.74) is 6.80. The summed E-state index contributed by atoms with van der Waals surface area (Å²) in [5, 5.41) is 0. The van der Waals surface area contributed by atoms with Gasteiger partial charge >= 0.3 is 11.9 Å². The fourth-order valence-electron chi connectivity index (χ4n) is 1.52. The van der Waals surface area contributed by atoms with Crippen LogP contribution in [0.4, 0.5) is 5.69 Å². The van der Waals surface area contributed by atoms with Crippen LogP contribution in [-0.2, 0) is 20.7 Å². The lowest BCUT2D eigenvalue weighted by atomic mass is 10.0. The largest absolute Gasteiger partial charge is 0.469 e.